The number of aromatic nitrogens is 1. The second kappa shape index (κ2) is 4.82. The molecule has 0 atom stereocenters. The van der Waals surface area contributed by atoms with Crippen molar-refractivity contribution in [1.29, 1.82) is 0 Å². The summed E-state index contributed by atoms with van der Waals surface area (Å²) in [6.07, 6.45) is 3.89. The lowest BCUT2D eigenvalue weighted by atomic mass is 10.2. The number of nitrogens with one attached hydrogen (secondary N) is 1. The number of amides is 1. The third kappa shape index (κ3) is 2.19. The van der Waals surface area contributed by atoms with Gasteiger partial charge in [-0.15, -0.1) is 0 Å². The van der Waals surface area contributed by atoms with Gasteiger partial charge in [0.15, 0.2) is 0 Å². The van der Waals surface area contributed by atoms with Crippen molar-refractivity contribution in [3.05, 3.63) is 22.3 Å². The molecule has 4 nitrogen and oxygen atoms in total. The Labute approximate surface area is 103 Å². The lowest BCUT2D eigenvalue weighted by Gasteiger charge is -2.17. The lowest BCUT2D eigenvalue weighted by Crippen LogP contribution is -2.28. The molecule has 0 unspecified atom stereocenters. The Balaban J connectivity index is 2.30. The minimum absolute atomic E-state index is 0.0654. The topological polar surface area (TPSA) is 45.2 Å². The van der Waals surface area contributed by atoms with E-state index in [1.807, 2.05) is 11.0 Å². The van der Waals surface area contributed by atoms with Crippen LogP contribution in [0.15, 0.2) is 16.7 Å². The maximum absolute atomic E-state index is 12.2. The number of carbonyl (C=O) groups excluding carboxylic acids is 1. The van der Waals surface area contributed by atoms with Crippen molar-refractivity contribution in [1.82, 2.24) is 9.88 Å². The molecule has 86 valence electrons. The smallest absolute Gasteiger partial charge is 0.257 e. The number of halogens is 1. The van der Waals surface area contributed by atoms with E-state index in [0.29, 0.717) is 11.4 Å². The molecule has 1 aromatic heterocycles. The molecule has 0 aliphatic carbocycles. The monoisotopic (exact) mass is 283 g/mol. The van der Waals surface area contributed by atoms with Gasteiger partial charge >= 0.3 is 0 Å². The zero-order valence-electron chi connectivity index (χ0n) is 9.16. The number of hydrogen-bond acceptors (Lipinski definition) is 3. The molecule has 1 amide bonds. The predicted molar refractivity (Wildman–Crippen MR) is 66.6 cm³/mol. The van der Waals surface area contributed by atoms with Crippen LogP contribution in [0.25, 0.3) is 0 Å². The Morgan fingerprint density at radius 1 is 1.50 bits per heavy atom. The summed E-state index contributed by atoms with van der Waals surface area (Å²) in [5, 5.41) is 2.95. The van der Waals surface area contributed by atoms with Crippen molar-refractivity contribution < 1.29 is 4.79 Å². The largest absolute Gasteiger partial charge is 0.372 e. The second-order valence-corrected chi connectivity index (χ2v) is 4.71. The molecule has 0 radical (unpaired) electrons. The van der Waals surface area contributed by atoms with Gasteiger partial charge in [0.25, 0.3) is 5.91 Å². The first kappa shape index (κ1) is 11.4. The summed E-state index contributed by atoms with van der Waals surface area (Å²) in [6.45, 7) is 1.71. The number of hydrogen-bond donors (Lipinski definition) is 1. The molecule has 2 rings (SSSR count). The third-order valence-corrected chi connectivity index (χ3v) is 3.15. The standard InChI is InChI=1S/C11H14BrN3O/c1-13-10-9(6-8(12)7-14-10)11(16)15-4-2-3-5-15/h6-7H,2-5H2,1H3,(H,13,14). The van der Waals surface area contributed by atoms with Gasteiger partial charge in [0.05, 0.1) is 5.56 Å². The lowest BCUT2D eigenvalue weighted by molar-refractivity contribution is 0.0793. The van der Waals surface area contributed by atoms with Gasteiger partial charge in [-0.1, -0.05) is 0 Å². The highest BCUT2D eigenvalue weighted by atomic mass is 79.9. The molecule has 0 saturated carbocycles. The zero-order valence-corrected chi connectivity index (χ0v) is 10.7. The highest BCUT2D eigenvalue weighted by Gasteiger charge is 2.22. The molecule has 0 bridgehead atoms. The van der Waals surface area contributed by atoms with Crippen LogP contribution in [0.3, 0.4) is 0 Å². The Bertz CT molecular complexity index is 402. The van der Waals surface area contributed by atoms with Crippen LogP contribution in [0, 0.1) is 0 Å². The summed E-state index contributed by atoms with van der Waals surface area (Å²) in [7, 11) is 1.77. The number of carbonyl (C=O) groups is 1. The van der Waals surface area contributed by atoms with Crippen molar-refractivity contribution in [3.8, 4) is 0 Å². The van der Waals surface area contributed by atoms with E-state index in [1.54, 1.807) is 13.2 Å². The van der Waals surface area contributed by atoms with Crippen molar-refractivity contribution >= 4 is 27.7 Å². The summed E-state index contributed by atoms with van der Waals surface area (Å²) in [5.41, 5.74) is 0.638. The average Bonchev–Trinajstić information content (AvgIpc) is 2.81. The number of anilines is 1. The molecular weight excluding hydrogens is 270 g/mol. The molecule has 2 heterocycles. The molecule has 1 aliphatic heterocycles. The molecule has 16 heavy (non-hydrogen) atoms. The van der Waals surface area contributed by atoms with Crippen molar-refractivity contribution in [2.75, 3.05) is 25.5 Å². The van der Waals surface area contributed by atoms with E-state index >= 15 is 0 Å². The first-order valence-corrected chi connectivity index (χ1v) is 6.14. The van der Waals surface area contributed by atoms with Gasteiger partial charge in [0.1, 0.15) is 5.82 Å². The van der Waals surface area contributed by atoms with Gasteiger partial charge in [-0.3, -0.25) is 4.79 Å². The van der Waals surface area contributed by atoms with Gasteiger partial charge in [0.2, 0.25) is 0 Å². The SMILES string of the molecule is CNc1ncc(Br)cc1C(=O)N1CCCC1. The van der Waals surface area contributed by atoms with Gasteiger partial charge in [-0.25, -0.2) is 4.98 Å². The summed E-state index contributed by atoms with van der Waals surface area (Å²) in [6, 6.07) is 1.82. The zero-order chi connectivity index (χ0) is 11.5. The molecule has 1 aromatic rings. The highest BCUT2D eigenvalue weighted by Crippen LogP contribution is 2.21. The molecule has 0 aromatic carbocycles. The Hall–Kier alpha value is -1.10. The Morgan fingerprint density at radius 3 is 2.81 bits per heavy atom. The minimum Gasteiger partial charge on any atom is -0.372 e. The Kier molecular flexibility index (Phi) is 3.43. The van der Waals surface area contributed by atoms with Crippen LogP contribution in [0.2, 0.25) is 0 Å². The number of nitrogens with zero attached hydrogens (tertiary/aromatic N) is 2. The van der Waals surface area contributed by atoms with E-state index in [9.17, 15) is 4.79 Å². The van der Waals surface area contributed by atoms with Crippen LogP contribution in [0.5, 0.6) is 0 Å². The summed E-state index contributed by atoms with van der Waals surface area (Å²) < 4.78 is 0.828. The maximum atomic E-state index is 12.2. The second-order valence-electron chi connectivity index (χ2n) is 3.80. The Morgan fingerprint density at radius 2 is 2.19 bits per heavy atom. The van der Waals surface area contributed by atoms with Crippen LogP contribution < -0.4 is 5.32 Å². The van der Waals surface area contributed by atoms with Crippen molar-refractivity contribution in [2.45, 2.75) is 12.8 Å². The first-order valence-electron chi connectivity index (χ1n) is 5.35. The van der Waals surface area contributed by atoms with Gasteiger partial charge in [0, 0.05) is 30.8 Å². The molecule has 5 heteroatoms. The molecule has 0 spiro atoms. The normalized spacial score (nSPS) is 15.2. The van der Waals surface area contributed by atoms with Crippen LogP contribution in [-0.4, -0.2) is 35.9 Å². The van der Waals surface area contributed by atoms with Gasteiger partial charge in [-0.2, -0.15) is 0 Å². The van der Waals surface area contributed by atoms with E-state index in [-0.39, 0.29) is 5.91 Å². The van der Waals surface area contributed by atoms with Gasteiger partial charge in [-0.05, 0) is 34.8 Å². The highest BCUT2D eigenvalue weighted by molar-refractivity contribution is 9.10. The summed E-state index contributed by atoms with van der Waals surface area (Å²) >= 11 is 3.34. The summed E-state index contributed by atoms with van der Waals surface area (Å²) in [5.74, 6) is 0.704. The van der Waals surface area contributed by atoms with Crippen LogP contribution >= 0.6 is 15.9 Å². The maximum Gasteiger partial charge on any atom is 0.257 e. The average molecular weight is 284 g/mol. The first-order chi connectivity index (χ1) is 7.72. The number of pyridine rings is 1. The molecule has 1 fully saturated rings. The van der Waals surface area contributed by atoms with E-state index < -0.39 is 0 Å². The van der Waals surface area contributed by atoms with Crippen molar-refractivity contribution in [2.24, 2.45) is 0 Å². The molecular formula is C11H14BrN3O. The van der Waals surface area contributed by atoms with E-state index in [4.69, 9.17) is 0 Å². The fourth-order valence-electron chi connectivity index (χ4n) is 1.89. The van der Waals surface area contributed by atoms with E-state index in [1.165, 1.54) is 0 Å². The summed E-state index contributed by atoms with van der Waals surface area (Å²) in [4.78, 5) is 18.3. The minimum atomic E-state index is 0.0654. The quantitative estimate of drug-likeness (QED) is 0.904. The third-order valence-electron chi connectivity index (χ3n) is 2.71. The van der Waals surface area contributed by atoms with Crippen LogP contribution in [-0.2, 0) is 0 Å². The van der Waals surface area contributed by atoms with Crippen molar-refractivity contribution in [3.63, 3.8) is 0 Å². The molecule has 1 saturated heterocycles. The van der Waals surface area contributed by atoms with Crippen LogP contribution in [0.4, 0.5) is 5.82 Å². The van der Waals surface area contributed by atoms with Crippen LogP contribution in [0.1, 0.15) is 23.2 Å². The molecule has 1 aliphatic rings. The fraction of sp³-hybridized carbons (Fsp3) is 0.455. The van der Waals surface area contributed by atoms with E-state index in [0.717, 1.165) is 30.4 Å². The fourth-order valence-corrected chi connectivity index (χ4v) is 2.22. The number of rotatable bonds is 2. The predicted octanol–water partition coefficient (Wildman–Crippen LogP) is 2.12. The van der Waals surface area contributed by atoms with E-state index in [2.05, 4.69) is 26.2 Å². The van der Waals surface area contributed by atoms with Gasteiger partial charge < -0.3 is 10.2 Å². The molecule has 1 N–H and O–H groups in total. The number of likely N-dealkylation sites (tertiary alicyclic amines) is 1.